The van der Waals surface area contributed by atoms with Crippen LogP contribution in [0.3, 0.4) is 0 Å². The highest BCUT2D eigenvalue weighted by atomic mass is 32.2. The molecule has 4 aromatic rings. The zero-order valence-electron chi connectivity index (χ0n) is 20.9. The molecule has 1 unspecified atom stereocenters. The van der Waals surface area contributed by atoms with E-state index in [2.05, 4.69) is 30.4 Å². The summed E-state index contributed by atoms with van der Waals surface area (Å²) < 4.78 is 29.8. The van der Waals surface area contributed by atoms with Gasteiger partial charge in [-0.3, -0.25) is 14.3 Å². The van der Waals surface area contributed by atoms with Crippen LogP contribution in [0.5, 0.6) is 0 Å². The number of carboxylic acids is 1. The molecule has 0 fully saturated rings. The number of sulfonamides is 1. The van der Waals surface area contributed by atoms with Crippen LogP contribution in [0.4, 0.5) is 5.95 Å². The van der Waals surface area contributed by atoms with Gasteiger partial charge in [0.1, 0.15) is 6.04 Å². The summed E-state index contributed by atoms with van der Waals surface area (Å²) in [5.41, 5.74) is 2.14. The number of nitrogens with zero attached hydrogens (tertiary/aromatic N) is 3. The molecule has 13 heteroatoms. The number of imidazole rings is 1. The Hall–Kier alpha value is -4.23. The number of hydrogen-bond acceptors (Lipinski definition) is 7. The second kappa shape index (κ2) is 11.4. The molecule has 2 aromatic carbocycles. The average Bonchev–Trinajstić information content (AvgIpc) is 3.53. The van der Waals surface area contributed by atoms with Gasteiger partial charge in [-0.1, -0.05) is 18.2 Å². The monoisotopic (exact) mass is 539 g/mol. The molecule has 0 aliphatic heterocycles. The van der Waals surface area contributed by atoms with E-state index in [0.717, 1.165) is 17.3 Å². The number of anilines is 1. The second-order valence-electron chi connectivity index (χ2n) is 8.80. The molecule has 12 nitrogen and oxygen atoms in total. The van der Waals surface area contributed by atoms with Crippen molar-refractivity contribution in [2.24, 2.45) is 0 Å². The molecule has 0 spiro atoms. The number of aliphatic carboxylic acids is 1. The molecule has 200 valence electrons. The molecule has 2 aromatic heterocycles. The number of aromatic nitrogens is 4. The van der Waals surface area contributed by atoms with E-state index in [1.54, 1.807) is 68.8 Å². The van der Waals surface area contributed by atoms with Gasteiger partial charge in [0.05, 0.1) is 16.6 Å². The molecular weight excluding hydrogens is 510 g/mol. The third kappa shape index (κ3) is 6.18. The first-order valence-corrected chi connectivity index (χ1v) is 13.4. The lowest BCUT2D eigenvalue weighted by Gasteiger charge is -2.18. The molecule has 2 heterocycles. The summed E-state index contributed by atoms with van der Waals surface area (Å²) in [6, 6.07) is 8.49. The van der Waals surface area contributed by atoms with Gasteiger partial charge in [-0.15, -0.1) is 0 Å². The minimum absolute atomic E-state index is 0.0248. The maximum absolute atomic E-state index is 12.9. The normalized spacial score (nSPS) is 12.4. The molecule has 0 saturated heterocycles. The first kappa shape index (κ1) is 26.8. The lowest BCUT2D eigenvalue weighted by atomic mass is 10.1. The van der Waals surface area contributed by atoms with Gasteiger partial charge >= 0.3 is 5.97 Å². The number of carboxylic acid groups (broad SMARTS) is 1. The van der Waals surface area contributed by atoms with Crippen LogP contribution in [-0.2, 0) is 21.4 Å². The van der Waals surface area contributed by atoms with Crippen LogP contribution < -0.4 is 15.4 Å². The number of rotatable bonds is 12. The first-order valence-electron chi connectivity index (χ1n) is 11.9. The third-order valence-electron chi connectivity index (χ3n) is 5.98. The van der Waals surface area contributed by atoms with E-state index in [1.807, 2.05) is 4.68 Å². The van der Waals surface area contributed by atoms with Crippen LogP contribution >= 0.6 is 0 Å². The number of aromatic amines is 1. The predicted octanol–water partition coefficient (Wildman–Crippen LogP) is 2.04. The van der Waals surface area contributed by atoms with E-state index in [9.17, 15) is 23.1 Å². The Morgan fingerprint density at radius 1 is 1.16 bits per heavy atom. The zero-order chi connectivity index (χ0) is 27.3. The number of H-pyrrole nitrogens is 1. The number of aryl methyl sites for hydroxylation is 3. The molecule has 0 aliphatic carbocycles. The Balaban J connectivity index is 1.37. The van der Waals surface area contributed by atoms with Crippen LogP contribution in [0.25, 0.3) is 10.9 Å². The molecule has 0 aliphatic rings. The van der Waals surface area contributed by atoms with Crippen molar-refractivity contribution in [1.29, 1.82) is 0 Å². The fraction of sp³-hybridized carbons (Fsp3) is 0.280. The smallest absolute Gasteiger partial charge is 0.323 e. The van der Waals surface area contributed by atoms with Crippen molar-refractivity contribution in [2.75, 3.05) is 18.4 Å². The Morgan fingerprint density at radius 2 is 1.92 bits per heavy atom. The largest absolute Gasteiger partial charge is 0.480 e. The summed E-state index contributed by atoms with van der Waals surface area (Å²) in [7, 11) is -4.13. The number of nitrogens with one attached hydrogen (secondary N) is 4. The standard InChI is InChI=1S/C25H29N7O5S/c1-16-5-3-6-17(2)22(16)38(36,37)31-20(24(34)35)15-29-23(33)18-7-8-21-19(13-18)14-30-32(21)12-4-9-26-25-27-10-11-28-25/h3,5-8,10-11,13-14,20,31H,4,9,12,15H2,1-2H3,(H,29,33)(H,34,35)(H2,26,27,28). The van der Waals surface area contributed by atoms with Gasteiger partial charge in [0.2, 0.25) is 10.0 Å². The lowest BCUT2D eigenvalue weighted by Crippen LogP contribution is -2.48. The van der Waals surface area contributed by atoms with E-state index in [0.29, 0.717) is 35.7 Å². The topological polar surface area (TPSA) is 171 Å². The summed E-state index contributed by atoms with van der Waals surface area (Å²) in [5, 5.41) is 20.4. The summed E-state index contributed by atoms with van der Waals surface area (Å²) in [6.07, 6.45) is 5.87. The molecule has 0 radical (unpaired) electrons. The van der Waals surface area contributed by atoms with Gasteiger partial charge < -0.3 is 20.7 Å². The van der Waals surface area contributed by atoms with E-state index in [4.69, 9.17) is 0 Å². The minimum atomic E-state index is -4.13. The number of carbonyl (C=O) groups excluding carboxylic acids is 1. The molecule has 1 atom stereocenters. The Labute approximate surface area is 219 Å². The Morgan fingerprint density at radius 3 is 2.61 bits per heavy atom. The van der Waals surface area contributed by atoms with Crippen LogP contribution in [0.1, 0.15) is 27.9 Å². The second-order valence-corrected chi connectivity index (χ2v) is 10.5. The maximum Gasteiger partial charge on any atom is 0.323 e. The van der Waals surface area contributed by atoms with Gasteiger partial charge in [0.15, 0.2) is 5.95 Å². The van der Waals surface area contributed by atoms with Crippen molar-refractivity contribution >= 4 is 38.8 Å². The zero-order valence-corrected chi connectivity index (χ0v) is 21.7. The quantitative estimate of drug-likeness (QED) is 0.170. The Bertz CT molecular complexity index is 1530. The van der Waals surface area contributed by atoms with E-state index >= 15 is 0 Å². The van der Waals surface area contributed by atoms with Crippen molar-refractivity contribution in [3.8, 4) is 0 Å². The highest BCUT2D eigenvalue weighted by Gasteiger charge is 2.28. The van der Waals surface area contributed by atoms with Gasteiger partial charge in [0.25, 0.3) is 5.91 Å². The molecular formula is C25H29N7O5S. The molecule has 0 saturated carbocycles. The van der Waals surface area contributed by atoms with E-state index in [1.165, 1.54) is 0 Å². The maximum atomic E-state index is 12.9. The molecule has 5 N–H and O–H groups in total. The van der Waals surface area contributed by atoms with Crippen molar-refractivity contribution < 1.29 is 23.1 Å². The third-order valence-corrected chi connectivity index (χ3v) is 7.76. The number of hydrogen-bond donors (Lipinski definition) is 5. The summed E-state index contributed by atoms with van der Waals surface area (Å²) in [6.45, 7) is 4.19. The van der Waals surface area contributed by atoms with E-state index < -0.39 is 34.5 Å². The van der Waals surface area contributed by atoms with Crippen LogP contribution in [0, 0.1) is 13.8 Å². The molecule has 0 bridgehead atoms. The van der Waals surface area contributed by atoms with Gasteiger partial charge in [-0.25, -0.2) is 13.4 Å². The molecule has 1 amide bonds. The van der Waals surface area contributed by atoms with Gasteiger partial charge in [0, 0.05) is 43.0 Å². The van der Waals surface area contributed by atoms with Gasteiger partial charge in [-0.2, -0.15) is 9.82 Å². The predicted molar refractivity (Wildman–Crippen MR) is 141 cm³/mol. The van der Waals surface area contributed by atoms with Crippen molar-refractivity contribution in [1.82, 2.24) is 29.8 Å². The van der Waals surface area contributed by atoms with Crippen LogP contribution in [0.2, 0.25) is 0 Å². The summed E-state index contributed by atoms with van der Waals surface area (Å²) in [4.78, 5) is 31.7. The molecule has 38 heavy (non-hydrogen) atoms. The number of carbonyl (C=O) groups is 2. The van der Waals surface area contributed by atoms with Crippen LogP contribution in [-0.4, -0.2) is 64.3 Å². The lowest BCUT2D eigenvalue weighted by molar-refractivity contribution is -0.138. The first-order chi connectivity index (χ1) is 18.2. The number of amides is 1. The highest BCUT2D eigenvalue weighted by Crippen LogP contribution is 2.20. The SMILES string of the molecule is Cc1cccc(C)c1S(=O)(=O)NC(CNC(=O)c1ccc2c(cnn2CCCNc2ncc[nH]2)c1)C(=O)O. The summed E-state index contributed by atoms with van der Waals surface area (Å²) >= 11 is 0. The highest BCUT2D eigenvalue weighted by molar-refractivity contribution is 7.89. The number of fused-ring (bicyclic) bond motifs is 1. The fourth-order valence-electron chi connectivity index (χ4n) is 4.15. The van der Waals surface area contributed by atoms with E-state index in [-0.39, 0.29) is 4.90 Å². The minimum Gasteiger partial charge on any atom is -0.480 e. The number of benzene rings is 2. The van der Waals surface area contributed by atoms with Gasteiger partial charge in [-0.05, 0) is 49.6 Å². The Kier molecular flexibility index (Phi) is 8.08. The summed E-state index contributed by atoms with van der Waals surface area (Å²) in [5.74, 6) is -1.23. The van der Waals surface area contributed by atoms with Crippen molar-refractivity contribution in [2.45, 2.75) is 37.8 Å². The van der Waals surface area contributed by atoms with Crippen molar-refractivity contribution in [3.05, 3.63) is 71.7 Å². The molecule has 4 rings (SSSR count). The average molecular weight is 540 g/mol. The van der Waals surface area contributed by atoms with Crippen molar-refractivity contribution in [3.63, 3.8) is 0 Å². The fourth-order valence-corrected chi connectivity index (χ4v) is 5.81. The van der Waals surface area contributed by atoms with Crippen LogP contribution in [0.15, 0.2) is 59.9 Å².